The van der Waals surface area contributed by atoms with Gasteiger partial charge in [0.05, 0.1) is 19.8 Å². The van der Waals surface area contributed by atoms with Crippen LogP contribution in [0.2, 0.25) is 0 Å². The molecule has 7 nitrogen and oxygen atoms in total. The number of hydrogen-bond acceptors (Lipinski definition) is 7. The van der Waals surface area contributed by atoms with Crippen molar-refractivity contribution in [2.75, 3.05) is 19.8 Å². The summed E-state index contributed by atoms with van der Waals surface area (Å²) in [6, 6.07) is 0. The minimum atomic E-state index is -1.45. The lowest BCUT2D eigenvalue weighted by atomic mass is 9.61. The Balaban J connectivity index is 1.51. The molecule has 9 unspecified atom stereocenters. The topological polar surface area (TPSA) is 120 Å². The molecule has 0 aromatic rings. The number of aliphatic hydroxyl groups is 5. The summed E-state index contributed by atoms with van der Waals surface area (Å²) in [5.74, 6) is 1.64. The fourth-order valence-corrected chi connectivity index (χ4v) is 8.86. The summed E-state index contributed by atoms with van der Waals surface area (Å²) in [5.41, 5.74) is 9.76. The minimum absolute atomic E-state index is 0.0231. The van der Waals surface area contributed by atoms with E-state index >= 15 is 0 Å². The van der Waals surface area contributed by atoms with Crippen LogP contribution in [-0.4, -0.2) is 76.1 Å². The molecule has 0 amide bonds. The molecule has 2 aliphatic carbocycles. The largest absolute Gasteiger partial charge is 0.394 e. The maximum atomic E-state index is 10.3. The van der Waals surface area contributed by atoms with E-state index in [0.29, 0.717) is 23.7 Å². The highest BCUT2D eigenvalue weighted by atomic mass is 16.7. The fourth-order valence-electron chi connectivity index (χ4n) is 8.86. The second-order valence-corrected chi connectivity index (χ2v) is 19.6. The average molecular weight is 867 g/mol. The molecule has 348 valence electrons. The van der Waals surface area contributed by atoms with Gasteiger partial charge in [-0.05, 0) is 104 Å². The molecule has 0 saturated carbocycles. The molecule has 5 N–H and O–H groups in total. The highest BCUT2D eigenvalue weighted by Crippen LogP contribution is 2.49. The summed E-state index contributed by atoms with van der Waals surface area (Å²) in [4.78, 5) is 0. The van der Waals surface area contributed by atoms with Crippen LogP contribution in [-0.2, 0) is 9.47 Å². The zero-order valence-corrected chi connectivity index (χ0v) is 40.6. The third-order valence-corrected chi connectivity index (χ3v) is 13.6. The van der Waals surface area contributed by atoms with Crippen molar-refractivity contribution < 1.29 is 35.0 Å². The summed E-state index contributed by atoms with van der Waals surface area (Å²) in [6.45, 7) is 26.3. The maximum Gasteiger partial charge on any atom is 0.187 e. The van der Waals surface area contributed by atoms with Gasteiger partial charge in [-0.3, -0.25) is 0 Å². The molecule has 3 aliphatic rings. The Labute approximate surface area is 381 Å². The molecule has 1 saturated heterocycles. The minimum Gasteiger partial charge on any atom is -0.394 e. The highest BCUT2D eigenvalue weighted by Gasteiger charge is 2.44. The Hall–Kier alpha value is -3.66. The van der Waals surface area contributed by atoms with Crippen molar-refractivity contribution in [3.63, 3.8) is 0 Å². The van der Waals surface area contributed by atoms with Crippen molar-refractivity contribution in [3.8, 4) is 0 Å². The molecule has 9 atom stereocenters. The first kappa shape index (κ1) is 53.7. The van der Waals surface area contributed by atoms with Crippen LogP contribution in [0.15, 0.2) is 154 Å². The molecule has 1 fully saturated rings. The van der Waals surface area contributed by atoms with Crippen LogP contribution in [0.5, 0.6) is 0 Å². The van der Waals surface area contributed by atoms with E-state index in [1.807, 2.05) is 13.8 Å². The van der Waals surface area contributed by atoms with Crippen molar-refractivity contribution >= 4 is 0 Å². The summed E-state index contributed by atoms with van der Waals surface area (Å²) >= 11 is 0. The first-order chi connectivity index (χ1) is 29.7. The standard InChI is InChI=1S/C56H82O7/c1-38(19-15-21-40(3)25-33-48-44(7)27-31-46(55(48,9)10)29-23-42(5)35-57)17-13-14-18-39(2)20-16-22-41(4)26-34-49-45(8)28-32-47(56(49,11)12)30-24-43(6)37-62-54-53(61)52(60)51(59)50(36-58)63-54/h13-28,33-34,46-54,57-61H,29-32,35-37H2,1-12H3. The molecule has 0 spiro atoms. The number of ether oxygens (including phenoxy) is 2. The normalized spacial score (nSPS) is 30.7. The van der Waals surface area contributed by atoms with Crippen molar-refractivity contribution in [1.29, 1.82) is 0 Å². The third kappa shape index (κ3) is 16.4. The molecule has 0 bridgehead atoms. The van der Waals surface area contributed by atoms with E-state index in [9.17, 15) is 25.5 Å². The molecule has 0 aromatic heterocycles. The highest BCUT2D eigenvalue weighted by molar-refractivity contribution is 5.33. The van der Waals surface area contributed by atoms with Crippen LogP contribution in [0, 0.1) is 34.5 Å². The fraction of sp³-hybridized carbons (Fsp3) is 0.536. The number of allylic oxidation sites excluding steroid dienone is 24. The van der Waals surface area contributed by atoms with Crippen LogP contribution in [0.1, 0.15) is 109 Å². The van der Waals surface area contributed by atoms with Gasteiger partial charge in [-0.2, -0.15) is 0 Å². The van der Waals surface area contributed by atoms with E-state index in [4.69, 9.17) is 9.47 Å². The van der Waals surface area contributed by atoms with Gasteiger partial charge in [0.25, 0.3) is 0 Å². The SMILES string of the molecule is CC(C=CC=C(C)C=CC1C(C)=CCC(CC=C(C)CO)C1(C)C)=CC=CC=C(C)C=CC=C(C)C=CC1C(C)=CCC(CC=C(C)COC2OC(CO)C(O)C(O)C2O)C1(C)C. The van der Waals surface area contributed by atoms with E-state index < -0.39 is 37.3 Å². The number of aliphatic hydroxyl groups excluding tert-OH is 5. The Morgan fingerprint density at radius 2 is 1.05 bits per heavy atom. The Bertz CT molecular complexity index is 1900. The zero-order chi connectivity index (χ0) is 46.9. The predicted molar refractivity (Wildman–Crippen MR) is 263 cm³/mol. The summed E-state index contributed by atoms with van der Waals surface area (Å²) in [7, 11) is 0. The molecular formula is C56H82O7. The van der Waals surface area contributed by atoms with Gasteiger partial charge in [0.2, 0.25) is 0 Å². The zero-order valence-electron chi connectivity index (χ0n) is 40.6. The average Bonchev–Trinajstić information content (AvgIpc) is 3.22. The van der Waals surface area contributed by atoms with Crippen LogP contribution < -0.4 is 0 Å². The van der Waals surface area contributed by atoms with Crippen molar-refractivity contribution in [2.45, 2.75) is 139 Å². The molecule has 1 aliphatic heterocycles. The van der Waals surface area contributed by atoms with Gasteiger partial charge >= 0.3 is 0 Å². The van der Waals surface area contributed by atoms with Crippen molar-refractivity contribution in [3.05, 3.63) is 154 Å². The molecule has 63 heavy (non-hydrogen) atoms. The van der Waals surface area contributed by atoms with Gasteiger partial charge in [0.1, 0.15) is 24.4 Å². The Morgan fingerprint density at radius 1 is 0.619 bits per heavy atom. The lowest BCUT2D eigenvalue weighted by Gasteiger charge is -2.43. The van der Waals surface area contributed by atoms with Crippen LogP contribution in [0.4, 0.5) is 0 Å². The lowest BCUT2D eigenvalue weighted by Crippen LogP contribution is -2.59. The van der Waals surface area contributed by atoms with E-state index in [0.717, 1.165) is 42.4 Å². The van der Waals surface area contributed by atoms with Crippen LogP contribution in [0.3, 0.4) is 0 Å². The Morgan fingerprint density at radius 3 is 1.49 bits per heavy atom. The smallest absolute Gasteiger partial charge is 0.187 e. The van der Waals surface area contributed by atoms with E-state index in [1.165, 1.54) is 27.9 Å². The lowest BCUT2D eigenvalue weighted by molar-refractivity contribution is -0.299. The van der Waals surface area contributed by atoms with Gasteiger partial charge < -0.3 is 35.0 Å². The Kier molecular flexibility index (Phi) is 21.9. The third-order valence-electron chi connectivity index (χ3n) is 13.6. The molecule has 3 rings (SSSR count). The quantitative estimate of drug-likeness (QED) is 0.0648. The molecule has 0 radical (unpaired) electrons. The second-order valence-electron chi connectivity index (χ2n) is 19.6. The van der Waals surface area contributed by atoms with Crippen molar-refractivity contribution in [2.24, 2.45) is 34.5 Å². The summed E-state index contributed by atoms with van der Waals surface area (Å²) in [5, 5.41) is 49.3. The van der Waals surface area contributed by atoms with E-state index in [-0.39, 0.29) is 24.0 Å². The first-order valence-electron chi connectivity index (χ1n) is 23.0. The first-order valence-corrected chi connectivity index (χ1v) is 23.0. The van der Waals surface area contributed by atoms with Gasteiger partial charge in [-0.15, -0.1) is 0 Å². The maximum absolute atomic E-state index is 10.3. The second kappa shape index (κ2) is 25.7. The van der Waals surface area contributed by atoms with Gasteiger partial charge in [-0.1, -0.05) is 182 Å². The summed E-state index contributed by atoms with van der Waals surface area (Å²) in [6.07, 6.45) is 37.1. The molecule has 7 heteroatoms. The number of rotatable bonds is 19. The van der Waals surface area contributed by atoms with Crippen LogP contribution >= 0.6 is 0 Å². The predicted octanol–water partition coefficient (Wildman–Crippen LogP) is 11.3. The molecule has 0 aromatic carbocycles. The van der Waals surface area contributed by atoms with E-state index in [2.05, 4.69) is 179 Å². The van der Waals surface area contributed by atoms with Crippen LogP contribution in [0.25, 0.3) is 0 Å². The van der Waals surface area contributed by atoms with Gasteiger partial charge in [-0.25, -0.2) is 0 Å². The monoisotopic (exact) mass is 867 g/mol. The molecule has 1 heterocycles. The van der Waals surface area contributed by atoms with Crippen molar-refractivity contribution in [1.82, 2.24) is 0 Å². The van der Waals surface area contributed by atoms with Gasteiger partial charge in [0.15, 0.2) is 6.29 Å². The number of hydrogen-bond donors (Lipinski definition) is 5. The van der Waals surface area contributed by atoms with Gasteiger partial charge in [0, 0.05) is 11.8 Å². The molecular weight excluding hydrogens is 785 g/mol. The van der Waals surface area contributed by atoms with E-state index in [1.54, 1.807) is 0 Å². The summed E-state index contributed by atoms with van der Waals surface area (Å²) < 4.78 is 11.2.